The number of rotatable bonds is 8. The second-order valence-electron chi connectivity index (χ2n) is 10.3. The third-order valence-corrected chi connectivity index (χ3v) is 8.81. The van der Waals surface area contributed by atoms with Crippen LogP contribution in [-0.4, -0.2) is 44.0 Å². The maximum Gasteiger partial charge on any atom is 0.264 e. The molecule has 36 heavy (non-hydrogen) atoms. The lowest BCUT2D eigenvalue weighted by molar-refractivity contribution is -0.948. The molecule has 0 aromatic heterocycles. The minimum Gasteiger partial charge on any atom is -0.346 e. The molecule has 4 rings (SSSR count). The average Bonchev–Trinajstić information content (AvgIpc) is 2.89. The molecule has 2 amide bonds. The fraction of sp³-hybridized carbons (Fsp3) is 0.467. The zero-order valence-corrected chi connectivity index (χ0v) is 22.9. The molecular formula is C30H40N3O2S+. The van der Waals surface area contributed by atoms with Crippen molar-refractivity contribution in [2.24, 2.45) is 0 Å². The van der Waals surface area contributed by atoms with Gasteiger partial charge in [-0.2, -0.15) is 0 Å². The Morgan fingerprint density at radius 3 is 2.69 bits per heavy atom. The van der Waals surface area contributed by atoms with Crippen molar-refractivity contribution in [2.45, 2.75) is 76.3 Å². The van der Waals surface area contributed by atoms with Crippen LogP contribution in [0, 0.1) is 6.92 Å². The third-order valence-electron chi connectivity index (χ3n) is 7.73. The summed E-state index contributed by atoms with van der Waals surface area (Å²) in [5.74, 6) is -0.122. The molecule has 2 atom stereocenters. The van der Waals surface area contributed by atoms with Gasteiger partial charge in [-0.1, -0.05) is 54.9 Å². The number of hydrogen-bond donors (Lipinski definition) is 2. The van der Waals surface area contributed by atoms with E-state index in [9.17, 15) is 9.59 Å². The molecule has 0 radical (unpaired) electrons. The predicted octanol–water partition coefficient (Wildman–Crippen LogP) is 4.85. The van der Waals surface area contributed by atoms with Crippen molar-refractivity contribution >= 4 is 35.3 Å². The van der Waals surface area contributed by atoms with Crippen molar-refractivity contribution in [3.63, 3.8) is 0 Å². The van der Waals surface area contributed by atoms with E-state index in [4.69, 9.17) is 0 Å². The predicted molar refractivity (Wildman–Crippen MR) is 150 cm³/mol. The molecule has 2 aromatic carbocycles. The molecule has 0 saturated heterocycles. The van der Waals surface area contributed by atoms with Gasteiger partial charge in [0.25, 0.3) is 11.8 Å². The van der Waals surface area contributed by atoms with Gasteiger partial charge in [-0.25, -0.2) is 0 Å². The number of anilines is 1. The summed E-state index contributed by atoms with van der Waals surface area (Å²) in [5, 5.41) is 3.15. The second kappa shape index (κ2) is 12.1. The first-order valence-corrected chi connectivity index (χ1v) is 14.2. The lowest BCUT2D eigenvalue weighted by Crippen LogP contribution is -3.19. The van der Waals surface area contributed by atoms with Crippen LogP contribution in [0.25, 0.3) is 6.08 Å². The molecule has 2 aliphatic rings. The summed E-state index contributed by atoms with van der Waals surface area (Å²) in [7, 11) is 1.78. The number of carbonyl (C=O) groups is 2. The lowest BCUT2D eigenvalue weighted by Gasteiger charge is -2.35. The Bertz CT molecular complexity index is 1120. The number of nitrogens with one attached hydrogen (secondary N) is 2. The van der Waals surface area contributed by atoms with Gasteiger partial charge in [0.15, 0.2) is 0 Å². The van der Waals surface area contributed by atoms with Crippen LogP contribution in [0.15, 0.2) is 52.3 Å². The first-order valence-electron chi connectivity index (χ1n) is 13.4. The third kappa shape index (κ3) is 6.22. The molecule has 2 unspecified atom stereocenters. The van der Waals surface area contributed by atoms with Crippen LogP contribution in [0.2, 0.25) is 0 Å². The van der Waals surface area contributed by atoms with Crippen molar-refractivity contribution in [3.8, 4) is 0 Å². The largest absolute Gasteiger partial charge is 0.346 e. The zero-order chi connectivity index (χ0) is 25.7. The molecular weight excluding hydrogens is 466 g/mol. The Labute approximate surface area is 220 Å². The quantitative estimate of drug-likeness (QED) is 0.503. The van der Waals surface area contributed by atoms with Gasteiger partial charge in [-0.3, -0.25) is 9.59 Å². The van der Waals surface area contributed by atoms with Crippen LogP contribution in [0.1, 0.15) is 73.9 Å². The normalized spacial score (nSPS) is 19.2. The molecule has 1 aliphatic heterocycles. The Kier molecular flexibility index (Phi) is 8.91. The second-order valence-corrected chi connectivity index (χ2v) is 11.4. The molecule has 1 saturated carbocycles. The fourth-order valence-corrected chi connectivity index (χ4v) is 6.55. The molecule has 5 nitrogen and oxygen atoms in total. The maximum atomic E-state index is 13.1. The molecule has 6 heteroatoms. The summed E-state index contributed by atoms with van der Waals surface area (Å²) in [6.45, 7) is 8.26. The SMILES string of the molecule is CCC(C)[NH+](CCNC(=O)c1ccc2c(c1)N(C)C(=O)C(=Cc1cccc(C)c1)S2)C1CCCCC1. The number of amides is 2. The van der Waals surface area contributed by atoms with E-state index in [0.29, 0.717) is 29.1 Å². The van der Waals surface area contributed by atoms with Crippen LogP contribution in [0.3, 0.4) is 0 Å². The first kappa shape index (κ1) is 26.5. The number of hydrogen-bond acceptors (Lipinski definition) is 3. The van der Waals surface area contributed by atoms with Crippen LogP contribution in [-0.2, 0) is 4.79 Å². The summed E-state index contributed by atoms with van der Waals surface area (Å²) in [4.78, 5) is 31.1. The van der Waals surface area contributed by atoms with Crippen LogP contribution in [0.4, 0.5) is 5.69 Å². The van der Waals surface area contributed by atoms with E-state index in [-0.39, 0.29) is 11.8 Å². The number of benzene rings is 2. The van der Waals surface area contributed by atoms with Crippen molar-refractivity contribution < 1.29 is 14.5 Å². The van der Waals surface area contributed by atoms with Crippen molar-refractivity contribution in [3.05, 3.63) is 64.1 Å². The number of carbonyl (C=O) groups excluding carboxylic acids is 2. The van der Waals surface area contributed by atoms with E-state index in [2.05, 4.69) is 25.2 Å². The monoisotopic (exact) mass is 506 g/mol. The zero-order valence-electron chi connectivity index (χ0n) is 22.1. The highest BCUT2D eigenvalue weighted by Crippen LogP contribution is 2.42. The standard InChI is InChI=1S/C30H39N3O2S/c1-5-22(3)33(25-12-7-6-8-13-25)17-16-31-29(34)24-14-15-27-26(20-24)32(4)30(35)28(36-27)19-23-11-9-10-21(2)18-23/h9-11,14-15,18-20,22,25H,5-8,12-13,16-17H2,1-4H3,(H,31,34)/p+1. The molecule has 192 valence electrons. The highest BCUT2D eigenvalue weighted by molar-refractivity contribution is 8.04. The van der Waals surface area contributed by atoms with Crippen molar-refractivity contribution in [2.75, 3.05) is 25.0 Å². The van der Waals surface area contributed by atoms with Gasteiger partial charge in [-0.05, 0) is 75.8 Å². The van der Waals surface area contributed by atoms with E-state index >= 15 is 0 Å². The Hall–Kier alpha value is -2.57. The van der Waals surface area contributed by atoms with E-state index in [1.54, 1.807) is 16.8 Å². The summed E-state index contributed by atoms with van der Waals surface area (Å²) in [6.07, 6.45) is 9.72. The first-order chi connectivity index (χ1) is 17.4. The topological polar surface area (TPSA) is 53.9 Å². The van der Waals surface area contributed by atoms with E-state index in [1.807, 2.05) is 49.4 Å². The van der Waals surface area contributed by atoms with Gasteiger partial charge in [0, 0.05) is 17.5 Å². The fourth-order valence-electron chi connectivity index (χ4n) is 5.46. The molecule has 0 spiro atoms. The lowest BCUT2D eigenvalue weighted by atomic mass is 9.93. The minimum atomic E-state index is -0.0723. The Balaban J connectivity index is 1.42. The van der Waals surface area contributed by atoms with Crippen LogP contribution >= 0.6 is 11.8 Å². The number of quaternary nitrogens is 1. The average molecular weight is 507 g/mol. The molecule has 2 N–H and O–H groups in total. The van der Waals surface area contributed by atoms with Crippen LogP contribution in [0.5, 0.6) is 0 Å². The van der Waals surface area contributed by atoms with E-state index in [0.717, 1.165) is 34.7 Å². The number of aryl methyl sites for hydroxylation is 1. The van der Waals surface area contributed by atoms with Gasteiger partial charge >= 0.3 is 0 Å². The van der Waals surface area contributed by atoms with Gasteiger partial charge in [0.1, 0.15) is 0 Å². The highest BCUT2D eigenvalue weighted by atomic mass is 32.2. The van der Waals surface area contributed by atoms with E-state index < -0.39 is 0 Å². The molecule has 0 bridgehead atoms. The van der Waals surface area contributed by atoms with Crippen molar-refractivity contribution in [1.29, 1.82) is 0 Å². The molecule has 1 aliphatic carbocycles. The molecule has 1 heterocycles. The van der Waals surface area contributed by atoms with Crippen LogP contribution < -0.4 is 15.1 Å². The van der Waals surface area contributed by atoms with Gasteiger partial charge in [0.2, 0.25) is 0 Å². The summed E-state index contributed by atoms with van der Waals surface area (Å²) < 4.78 is 0. The minimum absolute atomic E-state index is 0.0492. The molecule has 2 aromatic rings. The highest BCUT2D eigenvalue weighted by Gasteiger charge is 2.29. The Morgan fingerprint density at radius 1 is 1.19 bits per heavy atom. The van der Waals surface area contributed by atoms with Gasteiger partial charge in [0.05, 0.1) is 35.8 Å². The smallest absolute Gasteiger partial charge is 0.264 e. The Morgan fingerprint density at radius 2 is 1.97 bits per heavy atom. The number of likely N-dealkylation sites (N-methyl/N-ethyl adjacent to an activating group) is 1. The number of nitrogens with zero attached hydrogens (tertiary/aromatic N) is 1. The summed E-state index contributed by atoms with van der Waals surface area (Å²) >= 11 is 1.47. The maximum absolute atomic E-state index is 13.1. The van der Waals surface area contributed by atoms with Crippen molar-refractivity contribution in [1.82, 2.24) is 5.32 Å². The number of thioether (sulfide) groups is 1. The number of fused-ring (bicyclic) bond motifs is 1. The van der Waals surface area contributed by atoms with Gasteiger partial charge < -0.3 is 15.1 Å². The van der Waals surface area contributed by atoms with E-state index in [1.165, 1.54) is 43.9 Å². The summed E-state index contributed by atoms with van der Waals surface area (Å²) in [5.41, 5.74) is 3.56. The molecule has 1 fully saturated rings. The summed E-state index contributed by atoms with van der Waals surface area (Å²) in [6, 6.07) is 15.1. The van der Waals surface area contributed by atoms with Gasteiger partial charge in [-0.15, -0.1) is 0 Å².